The fourth-order valence-corrected chi connectivity index (χ4v) is 1.02. The van der Waals surface area contributed by atoms with Gasteiger partial charge in [-0.25, -0.2) is 0 Å². The molecule has 0 aromatic rings. The maximum atomic E-state index is 8.98. The fraction of sp³-hybridized carbons (Fsp3) is 1.00. The lowest BCUT2D eigenvalue weighted by molar-refractivity contribution is -0.0851. The molecule has 4 nitrogen and oxygen atoms in total. The van der Waals surface area contributed by atoms with Crippen LogP contribution in [-0.4, -0.2) is 40.3 Å². The number of aliphatic hydroxyl groups is 3. The number of hydrogen-bond acceptors (Lipinski definition) is 4. The van der Waals surface area contributed by atoms with Crippen LogP contribution in [0.2, 0.25) is 0 Å². The Morgan fingerprint density at radius 3 is 2.33 bits per heavy atom. The summed E-state index contributed by atoms with van der Waals surface area (Å²) in [5, 5.41) is 28.8. The van der Waals surface area contributed by atoms with Crippen molar-refractivity contribution in [3.63, 3.8) is 0 Å². The highest BCUT2D eigenvalue weighted by Crippen LogP contribution is 2.08. The van der Waals surface area contributed by atoms with Crippen LogP contribution in [0, 0.1) is 0 Å². The van der Waals surface area contributed by atoms with Gasteiger partial charge in [0.25, 0.3) is 0 Å². The molecule has 0 bridgehead atoms. The SMILES string of the molecule is OC(O)C1NCCC1O. The van der Waals surface area contributed by atoms with Gasteiger partial charge in [-0.15, -0.1) is 0 Å². The van der Waals surface area contributed by atoms with Crippen molar-refractivity contribution >= 4 is 0 Å². The summed E-state index contributed by atoms with van der Waals surface area (Å²) >= 11 is 0. The first-order valence-corrected chi connectivity index (χ1v) is 2.99. The lowest BCUT2D eigenvalue weighted by Gasteiger charge is -2.15. The van der Waals surface area contributed by atoms with E-state index in [2.05, 4.69) is 5.32 Å². The molecule has 0 aromatic carbocycles. The summed E-state index contributed by atoms with van der Waals surface area (Å²) in [6.07, 6.45) is -1.45. The van der Waals surface area contributed by atoms with E-state index in [1.165, 1.54) is 0 Å². The maximum Gasteiger partial charge on any atom is 0.169 e. The van der Waals surface area contributed by atoms with Crippen molar-refractivity contribution in [2.75, 3.05) is 6.54 Å². The quantitative estimate of drug-likeness (QED) is 0.313. The number of aliphatic hydroxyl groups excluding tert-OH is 2. The molecule has 0 saturated carbocycles. The van der Waals surface area contributed by atoms with Crippen LogP contribution in [0.4, 0.5) is 0 Å². The van der Waals surface area contributed by atoms with Crippen molar-refractivity contribution in [1.29, 1.82) is 0 Å². The lowest BCUT2D eigenvalue weighted by Crippen LogP contribution is -2.41. The zero-order valence-corrected chi connectivity index (χ0v) is 4.99. The van der Waals surface area contributed by atoms with Gasteiger partial charge in [0, 0.05) is 0 Å². The van der Waals surface area contributed by atoms with Gasteiger partial charge in [-0.1, -0.05) is 0 Å². The van der Waals surface area contributed by atoms with E-state index in [0.29, 0.717) is 13.0 Å². The minimum atomic E-state index is -1.44. The van der Waals surface area contributed by atoms with Crippen LogP contribution in [0.25, 0.3) is 0 Å². The second-order valence-corrected chi connectivity index (χ2v) is 2.25. The Hall–Kier alpha value is -0.160. The van der Waals surface area contributed by atoms with Crippen LogP contribution in [-0.2, 0) is 0 Å². The molecule has 1 heterocycles. The highest BCUT2D eigenvalue weighted by molar-refractivity contribution is 4.84. The van der Waals surface area contributed by atoms with E-state index in [9.17, 15) is 0 Å². The fourth-order valence-electron chi connectivity index (χ4n) is 1.02. The highest BCUT2D eigenvalue weighted by Gasteiger charge is 2.29. The zero-order valence-electron chi connectivity index (χ0n) is 4.99. The average molecular weight is 133 g/mol. The molecule has 2 atom stereocenters. The standard InChI is InChI=1S/C5H11NO3/c7-3-1-2-6-4(3)5(8)9/h3-9H,1-2H2. The topological polar surface area (TPSA) is 72.7 Å². The Kier molecular flexibility index (Phi) is 2.02. The van der Waals surface area contributed by atoms with Gasteiger partial charge >= 0.3 is 0 Å². The molecule has 9 heavy (non-hydrogen) atoms. The van der Waals surface area contributed by atoms with Crippen molar-refractivity contribution in [3.8, 4) is 0 Å². The van der Waals surface area contributed by atoms with Crippen LogP contribution in [0.3, 0.4) is 0 Å². The predicted molar refractivity (Wildman–Crippen MR) is 30.6 cm³/mol. The maximum absolute atomic E-state index is 8.98. The summed E-state index contributed by atoms with van der Waals surface area (Å²) in [5.41, 5.74) is 0. The number of hydrogen-bond donors (Lipinski definition) is 4. The van der Waals surface area contributed by atoms with Crippen molar-refractivity contribution < 1.29 is 15.3 Å². The van der Waals surface area contributed by atoms with E-state index in [0.717, 1.165) is 0 Å². The van der Waals surface area contributed by atoms with Gasteiger partial charge in [0.05, 0.1) is 12.1 Å². The molecular formula is C5H11NO3. The van der Waals surface area contributed by atoms with Crippen LogP contribution in [0.5, 0.6) is 0 Å². The summed E-state index contributed by atoms with van der Waals surface area (Å²) in [6, 6.07) is -0.551. The molecule has 1 fully saturated rings. The molecule has 0 aromatic heterocycles. The largest absolute Gasteiger partial charge is 0.391 e. The van der Waals surface area contributed by atoms with Crippen LogP contribution >= 0.6 is 0 Å². The van der Waals surface area contributed by atoms with E-state index < -0.39 is 18.4 Å². The van der Waals surface area contributed by atoms with Gasteiger partial charge in [-0.3, -0.25) is 0 Å². The van der Waals surface area contributed by atoms with Crippen LogP contribution in [0.1, 0.15) is 6.42 Å². The molecule has 1 aliphatic rings. The lowest BCUT2D eigenvalue weighted by atomic mass is 10.2. The van der Waals surface area contributed by atoms with Crippen LogP contribution in [0.15, 0.2) is 0 Å². The minimum absolute atomic E-state index is 0.551. The Labute approximate surface area is 53.1 Å². The molecule has 1 rings (SSSR count). The van der Waals surface area contributed by atoms with Gasteiger partial charge in [0.15, 0.2) is 6.29 Å². The number of rotatable bonds is 1. The zero-order chi connectivity index (χ0) is 6.85. The number of nitrogens with one attached hydrogen (secondary N) is 1. The molecule has 0 amide bonds. The molecule has 2 unspecified atom stereocenters. The second kappa shape index (κ2) is 2.62. The molecule has 1 saturated heterocycles. The van der Waals surface area contributed by atoms with Gasteiger partial charge in [0.1, 0.15) is 0 Å². The Bertz CT molecular complexity index is 96.2. The van der Waals surface area contributed by atoms with E-state index in [4.69, 9.17) is 15.3 Å². The molecule has 4 N–H and O–H groups in total. The van der Waals surface area contributed by atoms with Gasteiger partial charge < -0.3 is 20.6 Å². The van der Waals surface area contributed by atoms with Crippen LogP contribution < -0.4 is 5.32 Å². The first kappa shape index (κ1) is 6.95. The molecular weight excluding hydrogens is 122 g/mol. The van der Waals surface area contributed by atoms with Gasteiger partial charge in [-0.2, -0.15) is 0 Å². The molecule has 1 aliphatic heterocycles. The Balaban J connectivity index is 2.40. The van der Waals surface area contributed by atoms with E-state index in [1.54, 1.807) is 0 Å². The molecule has 0 aliphatic carbocycles. The van der Waals surface area contributed by atoms with E-state index in [1.807, 2.05) is 0 Å². The molecule has 0 radical (unpaired) electrons. The monoisotopic (exact) mass is 133 g/mol. The van der Waals surface area contributed by atoms with Gasteiger partial charge in [0.2, 0.25) is 0 Å². The normalized spacial score (nSPS) is 36.0. The highest BCUT2D eigenvalue weighted by atomic mass is 16.5. The summed E-state index contributed by atoms with van der Waals surface area (Å²) in [6.45, 7) is 0.656. The van der Waals surface area contributed by atoms with Crippen molar-refractivity contribution in [1.82, 2.24) is 5.32 Å². The summed E-state index contributed by atoms with van der Waals surface area (Å²) in [7, 11) is 0. The smallest absolute Gasteiger partial charge is 0.169 e. The summed E-state index contributed by atoms with van der Waals surface area (Å²) in [5.74, 6) is 0. The summed E-state index contributed by atoms with van der Waals surface area (Å²) in [4.78, 5) is 0. The van der Waals surface area contributed by atoms with E-state index >= 15 is 0 Å². The molecule has 0 spiro atoms. The third-order valence-corrected chi connectivity index (χ3v) is 1.56. The van der Waals surface area contributed by atoms with Crippen molar-refractivity contribution in [2.45, 2.75) is 24.9 Å². The molecule has 4 heteroatoms. The van der Waals surface area contributed by atoms with Crippen molar-refractivity contribution in [2.24, 2.45) is 0 Å². The van der Waals surface area contributed by atoms with E-state index in [-0.39, 0.29) is 0 Å². The third-order valence-electron chi connectivity index (χ3n) is 1.56. The minimum Gasteiger partial charge on any atom is -0.391 e. The second-order valence-electron chi connectivity index (χ2n) is 2.25. The van der Waals surface area contributed by atoms with Gasteiger partial charge in [-0.05, 0) is 13.0 Å². The third kappa shape index (κ3) is 1.40. The first-order chi connectivity index (χ1) is 4.22. The predicted octanol–water partition coefficient (Wildman–Crippen LogP) is -1.98. The average Bonchev–Trinajstić information content (AvgIpc) is 2.13. The van der Waals surface area contributed by atoms with Crippen molar-refractivity contribution in [3.05, 3.63) is 0 Å². The molecule has 54 valence electrons. The Morgan fingerprint density at radius 1 is 1.44 bits per heavy atom. The Morgan fingerprint density at radius 2 is 2.11 bits per heavy atom. The first-order valence-electron chi connectivity index (χ1n) is 2.99. The summed E-state index contributed by atoms with van der Waals surface area (Å²) < 4.78 is 0.